The summed E-state index contributed by atoms with van der Waals surface area (Å²) in [6, 6.07) is 6.36. The molecule has 1 aromatic carbocycles. The molecule has 0 aliphatic carbocycles. The molecule has 1 atom stereocenters. The van der Waals surface area contributed by atoms with Crippen molar-refractivity contribution in [2.75, 3.05) is 24.0 Å². The molecule has 0 aliphatic rings. The van der Waals surface area contributed by atoms with Crippen LogP contribution in [0.25, 0.3) is 0 Å². The van der Waals surface area contributed by atoms with Gasteiger partial charge in [0.1, 0.15) is 0 Å². The summed E-state index contributed by atoms with van der Waals surface area (Å²) in [4.78, 5) is 24.9. The van der Waals surface area contributed by atoms with Crippen molar-refractivity contribution in [2.45, 2.75) is 19.4 Å². The summed E-state index contributed by atoms with van der Waals surface area (Å²) in [6.07, 6.45) is 2.70. The Labute approximate surface area is 150 Å². The van der Waals surface area contributed by atoms with E-state index in [-0.39, 0.29) is 18.0 Å². The molecule has 1 heterocycles. The van der Waals surface area contributed by atoms with E-state index in [9.17, 15) is 9.18 Å². The molecule has 0 saturated carbocycles. The number of carbonyl (C=O) groups excluding carboxylic acids is 1. The van der Waals surface area contributed by atoms with Gasteiger partial charge in [0.15, 0.2) is 5.82 Å². The zero-order valence-corrected chi connectivity index (χ0v) is 14.6. The molecule has 0 aliphatic heterocycles. The lowest BCUT2D eigenvalue weighted by atomic mass is 10.2. The lowest BCUT2D eigenvalue weighted by Crippen LogP contribution is -2.38. The van der Waals surface area contributed by atoms with E-state index in [1.54, 1.807) is 24.3 Å². The van der Waals surface area contributed by atoms with Crippen LogP contribution in [0.3, 0.4) is 0 Å². The maximum Gasteiger partial charge on any atom is 0.319 e. The zero-order chi connectivity index (χ0) is 18.2. The van der Waals surface area contributed by atoms with Gasteiger partial charge in [0.05, 0.1) is 26.0 Å². The van der Waals surface area contributed by atoms with Crippen molar-refractivity contribution in [1.82, 2.24) is 15.3 Å². The lowest BCUT2D eigenvalue weighted by molar-refractivity contribution is 0.158. The normalized spacial score (nSPS) is 11.7. The molecule has 0 spiro atoms. The minimum atomic E-state index is -0.520. The summed E-state index contributed by atoms with van der Waals surface area (Å²) in [7, 11) is 1.47. The Bertz CT molecular complexity index is 684. The van der Waals surface area contributed by atoms with E-state index in [4.69, 9.17) is 16.4 Å². The summed E-state index contributed by atoms with van der Waals surface area (Å²) in [5, 5.41) is 7.56. The van der Waals surface area contributed by atoms with Crippen molar-refractivity contribution in [3.63, 3.8) is 0 Å². The molecule has 25 heavy (non-hydrogen) atoms. The first-order chi connectivity index (χ1) is 12.0. The summed E-state index contributed by atoms with van der Waals surface area (Å²) in [5.41, 5.74) is 0.646. The van der Waals surface area contributed by atoms with Crippen LogP contribution in [0.2, 0.25) is 5.02 Å². The highest BCUT2D eigenvalue weighted by Gasteiger charge is 2.13. The highest BCUT2D eigenvalue weighted by molar-refractivity contribution is 6.30. The fraction of sp³-hybridized carbons (Fsp3) is 0.312. The van der Waals surface area contributed by atoms with Crippen molar-refractivity contribution in [2.24, 2.45) is 0 Å². The predicted octanol–water partition coefficient (Wildman–Crippen LogP) is 3.24. The van der Waals surface area contributed by atoms with Gasteiger partial charge in [0.2, 0.25) is 5.95 Å². The number of rotatable bonds is 7. The summed E-state index contributed by atoms with van der Waals surface area (Å²) in [5.74, 6) is -0.268. The van der Waals surface area contributed by atoms with Crippen molar-refractivity contribution in [1.29, 1.82) is 0 Å². The third kappa shape index (κ3) is 6.17. The van der Waals surface area contributed by atoms with Crippen molar-refractivity contribution >= 4 is 29.3 Å². The third-order valence-electron chi connectivity index (χ3n) is 3.29. The van der Waals surface area contributed by atoms with E-state index >= 15 is 0 Å². The standard InChI is InChI=1S/C16H19ClFN5O2/c1-11(21-16(24)22-14-5-3-12(17)4-6-14)7-8-23(25-2)15-19-9-13(18)10-20-15/h3-6,9-11H,7-8H2,1-2H3,(H2,21,22,24)/t11-/m0/s1. The number of carbonyl (C=O) groups is 1. The average Bonchev–Trinajstić information content (AvgIpc) is 2.59. The number of hydrogen-bond donors (Lipinski definition) is 2. The molecule has 0 radical (unpaired) electrons. The first kappa shape index (κ1) is 18.9. The van der Waals surface area contributed by atoms with Crippen LogP contribution in [0.15, 0.2) is 36.7 Å². The highest BCUT2D eigenvalue weighted by Crippen LogP contribution is 2.13. The maximum atomic E-state index is 12.9. The van der Waals surface area contributed by atoms with Gasteiger partial charge in [-0.3, -0.25) is 4.84 Å². The topological polar surface area (TPSA) is 79.4 Å². The first-order valence-corrected chi connectivity index (χ1v) is 7.98. The molecule has 9 heteroatoms. The number of hydrogen-bond acceptors (Lipinski definition) is 5. The van der Waals surface area contributed by atoms with Crippen LogP contribution < -0.4 is 15.7 Å². The number of amides is 2. The Kier molecular flexibility index (Phi) is 6.91. The van der Waals surface area contributed by atoms with Crippen LogP contribution in [-0.4, -0.2) is 35.7 Å². The molecule has 0 saturated heterocycles. The minimum Gasteiger partial charge on any atom is -0.335 e. The quantitative estimate of drug-likeness (QED) is 0.734. The van der Waals surface area contributed by atoms with Crippen molar-refractivity contribution < 1.29 is 14.0 Å². The fourth-order valence-electron chi connectivity index (χ4n) is 2.01. The Hall–Kier alpha value is -2.45. The van der Waals surface area contributed by atoms with Crippen LogP contribution >= 0.6 is 11.6 Å². The molecule has 0 unspecified atom stereocenters. The largest absolute Gasteiger partial charge is 0.335 e. The number of urea groups is 1. The molecular weight excluding hydrogens is 349 g/mol. The van der Waals surface area contributed by atoms with Gasteiger partial charge in [-0.05, 0) is 37.6 Å². The molecule has 2 rings (SSSR count). The van der Waals surface area contributed by atoms with Crippen LogP contribution in [0.1, 0.15) is 13.3 Å². The number of nitrogens with one attached hydrogen (secondary N) is 2. The molecule has 2 N–H and O–H groups in total. The van der Waals surface area contributed by atoms with Crippen LogP contribution in [0.4, 0.5) is 20.8 Å². The summed E-state index contributed by atoms with van der Waals surface area (Å²) < 4.78 is 12.9. The number of nitrogens with zero attached hydrogens (tertiary/aromatic N) is 3. The Morgan fingerprint density at radius 2 is 1.96 bits per heavy atom. The van der Waals surface area contributed by atoms with Crippen LogP contribution in [-0.2, 0) is 4.84 Å². The highest BCUT2D eigenvalue weighted by atomic mass is 35.5. The zero-order valence-electron chi connectivity index (χ0n) is 13.9. The van der Waals surface area contributed by atoms with Gasteiger partial charge in [0.25, 0.3) is 0 Å². The van der Waals surface area contributed by atoms with Gasteiger partial charge in [0, 0.05) is 16.8 Å². The number of halogens is 2. The molecule has 1 aromatic heterocycles. The van der Waals surface area contributed by atoms with E-state index in [0.29, 0.717) is 23.7 Å². The van der Waals surface area contributed by atoms with Gasteiger partial charge in [-0.1, -0.05) is 11.6 Å². The van der Waals surface area contributed by atoms with E-state index in [0.717, 1.165) is 12.4 Å². The average molecular weight is 368 g/mol. The van der Waals surface area contributed by atoms with E-state index < -0.39 is 5.82 Å². The smallest absolute Gasteiger partial charge is 0.319 e. The van der Waals surface area contributed by atoms with E-state index in [1.165, 1.54) is 12.2 Å². The van der Waals surface area contributed by atoms with Gasteiger partial charge < -0.3 is 10.6 Å². The van der Waals surface area contributed by atoms with Crippen molar-refractivity contribution in [3.05, 3.63) is 47.5 Å². The van der Waals surface area contributed by atoms with Gasteiger partial charge in [-0.25, -0.2) is 24.2 Å². The van der Waals surface area contributed by atoms with E-state index in [1.807, 2.05) is 6.92 Å². The molecule has 134 valence electrons. The SMILES string of the molecule is CON(CC[C@H](C)NC(=O)Nc1ccc(Cl)cc1)c1ncc(F)cn1. The number of aromatic nitrogens is 2. The van der Waals surface area contributed by atoms with Crippen LogP contribution in [0, 0.1) is 5.82 Å². The Balaban J connectivity index is 1.80. The first-order valence-electron chi connectivity index (χ1n) is 7.60. The number of benzene rings is 1. The second kappa shape index (κ2) is 9.14. The Morgan fingerprint density at radius 1 is 1.32 bits per heavy atom. The fourth-order valence-corrected chi connectivity index (χ4v) is 2.14. The molecule has 7 nitrogen and oxygen atoms in total. The number of hydroxylamine groups is 1. The lowest BCUT2D eigenvalue weighted by Gasteiger charge is -2.22. The van der Waals surface area contributed by atoms with Gasteiger partial charge >= 0.3 is 6.03 Å². The van der Waals surface area contributed by atoms with Gasteiger partial charge in [-0.15, -0.1) is 0 Å². The summed E-state index contributed by atoms with van der Waals surface area (Å²) >= 11 is 5.80. The Morgan fingerprint density at radius 3 is 2.56 bits per heavy atom. The second-order valence-corrected chi connectivity index (χ2v) is 5.72. The van der Waals surface area contributed by atoms with Gasteiger partial charge in [-0.2, -0.15) is 0 Å². The molecular formula is C16H19ClFN5O2. The molecule has 0 fully saturated rings. The minimum absolute atomic E-state index is 0.134. The van der Waals surface area contributed by atoms with Crippen LogP contribution in [0.5, 0.6) is 0 Å². The monoisotopic (exact) mass is 367 g/mol. The van der Waals surface area contributed by atoms with E-state index in [2.05, 4.69) is 20.6 Å². The predicted molar refractivity (Wildman–Crippen MR) is 94.0 cm³/mol. The summed E-state index contributed by atoms with van der Waals surface area (Å²) in [6.45, 7) is 2.28. The molecule has 0 bridgehead atoms. The second-order valence-electron chi connectivity index (χ2n) is 5.28. The molecule has 2 aromatic rings. The third-order valence-corrected chi connectivity index (χ3v) is 3.55. The maximum absolute atomic E-state index is 12.9. The molecule has 2 amide bonds. The van der Waals surface area contributed by atoms with Crippen molar-refractivity contribution in [3.8, 4) is 0 Å². The number of anilines is 2.